The summed E-state index contributed by atoms with van der Waals surface area (Å²) < 4.78 is 7.12. The molecule has 0 amide bonds. The summed E-state index contributed by atoms with van der Waals surface area (Å²) in [7, 11) is 1.93. The van der Waals surface area contributed by atoms with Gasteiger partial charge in [0, 0.05) is 18.8 Å². The van der Waals surface area contributed by atoms with Crippen molar-refractivity contribution in [3.8, 4) is 0 Å². The van der Waals surface area contributed by atoms with Gasteiger partial charge >= 0.3 is 5.97 Å². The van der Waals surface area contributed by atoms with Crippen LogP contribution in [-0.2, 0) is 16.6 Å². The van der Waals surface area contributed by atoms with Crippen LogP contribution in [0, 0.1) is 0 Å². The molecular weight excluding hydrogens is 288 g/mol. The molecule has 0 saturated heterocycles. The maximum atomic E-state index is 12.2. The van der Waals surface area contributed by atoms with Gasteiger partial charge in [0.1, 0.15) is 11.9 Å². The molecule has 1 fully saturated rings. The molecular formula is C14H24N4O2S. The first kappa shape index (κ1) is 16.3. The van der Waals surface area contributed by atoms with Gasteiger partial charge in [0.15, 0.2) is 5.16 Å². The molecule has 1 atom stereocenters. The number of rotatable bonds is 9. The molecule has 1 aliphatic rings. The monoisotopic (exact) mass is 312 g/mol. The predicted molar refractivity (Wildman–Crippen MR) is 82.2 cm³/mol. The van der Waals surface area contributed by atoms with E-state index >= 15 is 0 Å². The van der Waals surface area contributed by atoms with Crippen LogP contribution < -0.4 is 5.32 Å². The first-order valence-electron chi connectivity index (χ1n) is 7.47. The van der Waals surface area contributed by atoms with E-state index in [1.807, 2.05) is 25.5 Å². The van der Waals surface area contributed by atoms with E-state index in [1.54, 1.807) is 18.1 Å². The number of carbonyl (C=O) groups is 1. The summed E-state index contributed by atoms with van der Waals surface area (Å²) in [4.78, 5) is 12.2. The number of hydrogen-bond acceptors (Lipinski definition) is 6. The average molecular weight is 312 g/mol. The standard InChI is InChI=1S/C14H24N4O2S/c1-4-20-12(19)14(2,16-11-6-7-11)8-5-9-21-13-17-15-10-18(13)3/h10-11,16H,4-9H2,1-3H3. The minimum absolute atomic E-state index is 0.138. The van der Waals surface area contributed by atoms with Gasteiger partial charge in [-0.15, -0.1) is 10.2 Å². The highest BCUT2D eigenvalue weighted by atomic mass is 32.2. The minimum atomic E-state index is -0.572. The van der Waals surface area contributed by atoms with Crippen LogP contribution in [-0.4, -0.2) is 44.7 Å². The lowest BCUT2D eigenvalue weighted by Gasteiger charge is -2.28. The van der Waals surface area contributed by atoms with E-state index in [-0.39, 0.29) is 5.97 Å². The predicted octanol–water partition coefficient (Wildman–Crippen LogP) is 1.76. The molecule has 0 spiro atoms. The third kappa shape index (κ3) is 4.71. The molecule has 1 saturated carbocycles. The summed E-state index contributed by atoms with van der Waals surface area (Å²) >= 11 is 1.66. The van der Waals surface area contributed by atoms with Gasteiger partial charge in [-0.05, 0) is 39.5 Å². The molecule has 1 aliphatic carbocycles. The number of hydrogen-bond donors (Lipinski definition) is 1. The second-order valence-corrected chi connectivity index (χ2v) is 6.71. The molecule has 0 radical (unpaired) electrons. The zero-order chi connectivity index (χ0) is 15.3. The van der Waals surface area contributed by atoms with Gasteiger partial charge < -0.3 is 9.30 Å². The van der Waals surface area contributed by atoms with E-state index in [1.165, 1.54) is 0 Å². The Kier molecular flexibility index (Phi) is 5.64. The highest BCUT2D eigenvalue weighted by molar-refractivity contribution is 7.99. The number of aryl methyl sites for hydroxylation is 1. The first-order valence-corrected chi connectivity index (χ1v) is 8.45. The summed E-state index contributed by atoms with van der Waals surface area (Å²) in [5, 5.41) is 12.2. The van der Waals surface area contributed by atoms with Crippen molar-refractivity contribution >= 4 is 17.7 Å². The highest BCUT2D eigenvalue weighted by Gasteiger charge is 2.39. The summed E-state index contributed by atoms with van der Waals surface area (Å²) in [6, 6.07) is 0.478. The van der Waals surface area contributed by atoms with E-state index in [4.69, 9.17) is 4.74 Å². The maximum absolute atomic E-state index is 12.2. The van der Waals surface area contributed by atoms with Crippen molar-refractivity contribution in [2.45, 2.75) is 56.3 Å². The molecule has 1 aromatic rings. The molecule has 1 aromatic heterocycles. The largest absolute Gasteiger partial charge is 0.465 e. The molecule has 0 aliphatic heterocycles. The fourth-order valence-electron chi connectivity index (χ4n) is 2.19. The topological polar surface area (TPSA) is 69.0 Å². The Morgan fingerprint density at radius 1 is 1.62 bits per heavy atom. The van der Waals surface area contributed by atoms with Crippen molar-refractivity contribution in [1.29, 1.82) is 0 Å². The zero-order valence-electron chi connectivity index (χ0n) is 13.0. The summed E-state index contributed by atoms with van der Waals surface area (Å²) in [6.45, 7) is 4.23. The number of thioether (sulfide) groups is 1. The molecule has 1 heterocycles. The Labute approximate surface area is 130 Å². The number of aromatic nitrogens is 3. The lowest BCUT2D eigenvalue weighted by atomic mass is 9.96. The third-order valence-electron chi connectivity index (χ3n) is 3.55. The Morgan fingerprint density at radius 2 is 2.38 bits per heavy atom. The molecule has 21 heavy (non-hydrogen) atoms. The number of carbonyl (C=O) groups excluding carboxylic acids is 1. The smallest absolute Gasteiger partial charge is 0.326 e. The second-order valence-electron chi connectivity index (χ2n) is 5.65. The van der Waals surface area contributed by atoms with E-state index in [2.05, 4.69) is 15.5 Å². The number of nitrogens with one attached hydrogen (secondary N) is 1. The summed E-state index contributed by atoms with van der Waals surface area (Å²) in [5.41, 5.74) is -0.572. The quantitative estimate of drug-likeness (QED) is 0.426. The van der Waals surface area contributed by atoms with Crippen LogP contribution in [0.25, 0.3) is 0 Å². The summed E-state index contributed by atoms with van der Waals surface area (Å²) in [6.07, 6.45) is 5.70. The molecule has 2 rings (SSSR count). The lowest BCUT2D eigenvalue weighted by Crippen LogP contribution is -2.51. The molecule has 0 bridgehead atoms. The van der Waals surface area contributed by atoms with Crippen LogP contribution in [0.4, 0.5) is 0 Å². The van der Waals surface area contributed by atoms with Crippen LogP contribution in [0.2, 0.25) is 0 Å². The molecule has 1 N–H and O–H groups in total. The zero-order valence-corrected chi connectivity index (χ0v) is 13.8. The van der Waals surface area contributed by atoms with Crippen molar-refractivity contribution in [3.05, 3.63) is 6.33 Å². The average Bonchev–Trinajstić information content (AvgIpc) is 3.16. The van der Waals surface area contributed by atoms with Gasteiger partial charge in [-0.2, -0.15) is 0 Å². The van der Waals surface area contributed by atoms with Crippen LogP contribution in [0.15, 0.2) is 11.5 Å². The van der Waals surface area contributed by atoms with Gasteiger partial charge in [0.2, 0.25) is 0 Å². The van der Waals surface area contributed by atoms with E-state index in [0.717, 1.165) is 36.6 Å². The van der Waals surface area contributed by atoms with Crippen LogP contribution in [0.1, 0.15) is 39.5 Å². The number of esters is 1. The van der Waals surface area contributed by atoms with Crippen LogP contribution in [0.3, 0.4) is 0 Å². The van der Waals surface area contributed by atoms with E-state index in [9.17, 15) is 4.79 Å². The Hall–Kier alpha value is -1.08. The maximum Gasteiger partial charge on any atom is 0.326 e. The van der Waals surface area contributed by atoms with E-state index < -0.39 is 5.54 Å². The normalized spacial score (nSPS) is 17.5. The van der Waals surface area contributed by atoms with Crippen molar-refractivity contribution in [1.82, 2.24) is 20.1 Å². The fraction of sp³-hybridized carbons (Fsp3) is 0.786. The van der Waals surface area contributed by atoms with Gasteiger partial charge in [-0.25, -0.2) is 0 Å². The SMILES string of the molecule is CCOC(=O)C(C)(CCCSc1nncn1C)NC1CC1. The Balaban J connectivity index is 1.80. The minimum Gasteiger partial charge on any atom is -0.465 e. The van der Waals surface area contributed by atoms with Gasteiger partial charge in [0.05, 0.1) is 6.61 Å². The third-order valence-corrected chi connectivity index (χ3v) is 4.67. The molecule has 6 nitrogen and oxygen atoms in total. The molecule has 0 aromatic carbocycles. The lowest BCUT2D eigenvalue weighted by molar-refractivity contribution is -0.151. The Morgan fingerprint density at radius 3 is 2.95 bits per heavy atom. The van der Waals surface area contributed by atoms with Crippen molar-refractivity contribution < 1.29 is 9.53 Å². The van der Waals surface area contributed by atoms with Crippen LogP contribution in [0.5, 0.6) is 0 Å². The van der Waals surface area contributed by atoms with Crippen molar-refractivity contribution in [3.63, 3.8) is 0 Å². The summed E-state index contributed by atoms with van der Waals surface area (Å²) in [5.74, 6) is 0.772. The molecule has 1 unspecified atom stereocenters. The van der Waals surface area contributed by atoms with Crippen LogP contribution >= 0.6 is 11.8 Å². The Bertz CT molecular complexity index is 475. The van der Waals surface area contributed by atoms with Gasteiger partial charge in [-0.3, -0.25) is 10.1 Å². The first-order chi connectivity index (χ1) is 10.0. The molecule has 118 valence electrons. The van der Waals surface area contributed by atoms with Crippen molar-refractivity contribution in [2.24, 2.45) is 7.05 Å². The highest BCUT2D eigenvalue weighted by Crippen LogP contribution is 2.27. The molecule has 7 heteroatoms. The number of nitrogens with zero attached hydrogens (tertiary/aromatic N) is 3. The van der Waals surface area contributed by atoms with Gasteiger partial charge in [-0.1, -0.05) is 11.8 Å². The fourth-order valence-corrected chi connectivity index (χ4v) is 3.02. The van der Waals surface area contributed by atoms with Gasteiger partial charge in [0.25, 0.3) is 0 Å². The van der Waals surface area contributed by atoms with E-state index in [0.29, 0.717) is 12.6 Å². The second kappa shape index (κ2) is 7.26. The van der Waals surface area contributed by atoms with Crippen molar-refractivity contribution in [2.75, 3.05) is 12.4 Å². The number of ether oxygens (including phenoxy) is 1.